The van der Waals surface area contributed by atoms with E-state index in [1.165, 1.54) is 0 Å². The van der Waals surface area contributed by atoms with Gasteiger partial charge in [0.2, 0.25) is 5.91 Å². The number of rotatable bonds is 6. The van der Waals surface area contributed by atoms with E-state index in [0.717, 1.165) is 11.1 Å². The van der Waals surface area contributed by atoms with E-state index in [4.69, 9.17) is 11.6 Å². The summed E-state index contributed by atoms with van der Waals surface area (Å²) in [5.41, 5.74) is 2.15. The van der Waals surface area contributed by atoms with Crippen LogP contribution in [0.25, 0.3) is 0 Å². The molecule has 2 heterocycles. The Morgan fingerprint density at radius 1 is 1.12 bits per heavy atom. The van der Waals surface area contributed by atoms with Crippen LogP contribution in [0.4, 0.5) is 5.82 Å². The van der Waals surface area contributed by atoms with Crippen LogP contribution in [0.5, 0.6) is 0 Å². The van der Waals surface area contributed by atoms with Crippen LogP contribution >= 0.6 is 11.6 Å². The van der Waals surface area contributed by atoms with Gasteiger partial charge < -0.3 is 5.32 Å². The number of aromatic nitrogens is 3. The summed E-state index contributed by atoms with van der Waals surface area (Å²) in [7, 11) is 0. The van der Waals surface area contributed by atoms with Crippen LogP contribution in [0.15, 0.2) is 61.1 Å². The van der Waals surface area contributed by atoms with Crippen molar-refractivity contribution in [2.45, 2.75) is 19.4 Å². The molecule has 0 saturated carbocycles. The average Bonchev–Trinajstić information content (AvgIpc) is 3.01. The predicted octanol–water partition coefficient (Wildman–Crippen LogP) is 3.55. The highest BCUT2D eigenvalue weighted by Gasteiger charge is 2.06. The number of benzene rings is 1. The fourth-order valence-corrected chi connectivity index (χ4v) is 2.56. The lowest BCUT2D eigenvalue weighted by Gasteiger charge is -2.04. The van der Waals surface area contributed by atoms with Crippen LogP contribution in [0, 0.1) is 0 Å². The number of halogens is 1. The topological polar surface area (TPSA) is 59.8 Å². The van der Waals surface area contributed by atoms with E-state index in [0.29, 0.717) is 30.2 Å². The molecular formula is C18H17ClN4O. The van der Waals surface area contributed by atoms with Gasteiger partial charge in [-0.15, -0.1) is 0 Å². The van der Waals surface area contributed by atoms with Crippen molar-refractivity contribution in [1.29, 1.82) is 0 Å². The summed E-state index contributed by atoms with van der Waals surface area (Å²) in [5.74, 6) is 0.490. The van der Waals surface area contributed by atoms with Crippen LogP contribution in [0.3, 0.4) is 0 Å². The molecule has 3 aromatic rings. The molecule has 0 saturated heterocycles. The minimum Gasteiger partial charge on any atom is -0.309 e. The summed E-state index contributed by atoms with van der Waals surface area (Å²) < 4.78 is 1.78. The number of nitrogens with one attached hydrogen (secondary N) is 1. The van der Waals surface area contributed by atoms with E-state index in [-0.39, 0.29) is 5.91 Å². The number of hydrogen-bond acceptors (Lipinski definition) is 3. The summed E-state index contributed by atoms with van der Waals surface area (Å²) in [6, 6.07) is 13.2. The van der Waals surface area contributed by atoms with Gasteiger partial charge in [-0.2, -0.15) is 5.10 Å². The van der Waals surface area contributed by atoms with Crippen molar-refractivity contribution >= 4 is 23.3 Å². The SMILES string of the molecule is O=C(CCc1cccc(Cl)c1)Nc1ccn(Cc2ccncc2)n1. The number of hydrogen-bond donors (Lipinski definition) is 1. The Morgan fingerprint density at radius 2 is 1.96 bits per heavy atom. The number of nitrogens with zero attached hydrogens (tertiary/aromatic N) is 3. The molecular weight excluding hydrogens is 324 g/mol. The maximum atomic E-state index is 12.0. The van der Waals surface area contributed by atoms with E-state index in [1.54, 1.807) is 23.1 Å². The summed E-state index contributed by atoms with van der Waals surface area (Å²) in [6.45, 7) is 0.640. The van der Waals surface area contributed by atoms with Crippen LogP contribution in [-0.4, -0.2) is 20.7 Å². The molecule has 0 radical (unpaired) electrons. The number of pyridine rings is 1. The Labute approximate surface area is 145 Å². The molecule has 2 aromatic heterocycles. The lowest BCUT2D eigenvalue weighted by Crippen LogP contribution is -2.13. The molecule has 0 fully saturated rings. The van der Waals surface area contributed by atoms with Gasteiger partial charge in [-0.05, 0) is 41.8 Å². The first kappa shape index (κ1) is 16.2. The van der Waals surface area contributed by atoms with E-state index in [1.807, 2.05) is 42.6 Å². The predicted molar refractivity (Wildman–Crippen MR) is 94.0 cm³/mol. The number of anilines is 1. The van der Waals surface area contributed by atoms with Crippen molar-refractivity contribution in [3.63, 3.8) is 0 Å². The van der Waals surface area contributed by atoms with Crippen molar-refractivity contribution in [1.82, 2.24) is 14.8 Å². The van der Waals surface area contributed by atoms with Gasteiger partial charge in [0.25, 0.3) is 0 Å². The fourth-order valence-electron chi connectivity index (χ4n) is 2.35. The normalized spacial score (nSPS) is 10.5. The van der Waals surface area contributed by atoms with E-state index >= 15 is 0 Å². The monoisotopic (exact) mass is 340 g/mol. The van der Waals surface area contributed by atoms with Crippen molar-refractivity contribution in [3.8, 4) is 0 Å². The third-order valence-corrected chi connectivity index (χ3v) is 3.77. The molecule has 3 rings (SSSR count). The Morgan fingerprint density at radius 3 is 2.75 bits per heavy atom. The second-order valence-electron chi connectivity index (χ2n) is 5.43. The highest BCUT2D eigenvalue weighted by atomic mass is 35.5. The lowest BCUT2D eigenvalue weighted by atomic mass is 10.1. The van der Waals surface area contributed by atoms with Gasteiger partial charge in [0.1, 0.15) is 0 Å². The summed E-state index contributed by atoms with van der Waals surface area (Å²) in [5, 5.41) is 7.86. The molecule has 0 bridgehead atoms. The third kappa shape index (κ3) is 4.67. The molecule has 24 heavy (non-hydrogen) atoms. The summed E-state index contributed by atoms with van der Waals surface area (Å²) >= 11 is 5.94. The fraction of sp³-hybridized carbons (Fsp3) is 0.167. The number of carbonyl (C=O) groups is 1. The van der Waals surface area contributed by atoms with Gasteiger partial charge in [0, 0.05) is 36.1 Å². The largest absolute Gasteiger partial charge is 0.309 e. The summed E-state index contributed by atoms with van der Waals surface area (Å²) in [4.78, 5) is 16.0. The average molecular weight is 341 g/mol. The van der Waals surface area contributed by atoms with Gasteiger partial charge >= 0.3 is 0 Å². The molecule has 5 nitrogen and oxygen atoms in total. The molecule has 0 aliphatic rings. The lowest BCUT2D eigenvalue weighted by molar-refractivity contribution is -0.116. The first-order valence-electron chi connectivity index (χ1n) is 7.66. The van der Waals surface area contributed by atoms with Crippen molar-refractivity contribution in [2.75, 3.05) is 5.32 Å². The molecule has 0 unspecified atom stereocenters. The zero-order chi connectivity index (χ0) is 16.8. The number of amides is 1. The van der Waals surface area contributed by atoms with Crippen LogP contribution < -0.4 is 5.32 Å². The van der Waals surface area contributed by atoms with Gasteiger partial charge in [-0.3, -0.25) is 14.5 Å². The Kier molecular flexibility index (Phi) is 5.23. The molecule has 1 amide bonds. The third-order valence-electron chi connectivity index (χ3n) is 3.53. The van der Waals surface area contributed by atoms with Crippen molar-refractivity contribution in [2.24, 2.45) is 0 Å². The summed E-state index contributed by atoms with van der Waals surface area (Å²) in [6.07, 6.45) is 6.36. The number of aryl methyl sites for hydroxylation is 1. The minimum atomic E-state index is -0.0656. The van der Waals surface area contributed by atoms with Crippen LogP contribution in [0.2, 0.25) is 5.02 Å². The quantitative estimate of drug-likeness (QED) is 0.746. The first-order chi connectivity index (χ1) is 11.7. The molecule has 0 spiro atoms. The smallest absolute Gasteiger partial charge is 0.225 e. The van der Waals surface area contributed by atoms with Crippen LogP contribution in [-0.2, 0) is 17.8 Å². The molecule has 1 aromatic carbocycles. The second kappa shape index (κ2) is 7.75. The van der Waals surface area contributed by atoms with Crippen molar-refractivity contribution in [3.05, 3.63) is 77.2 Å². The highest BCUT2D eigenvalue weighted by Crippen LogP contribution is 2.13. The van der Waals surface area contributed by atoms with E-state index in [9.17, 15) is 4.79 Å². The van der Waals surface area contributed by atoms with Crippen molar-refractivity contribution < 1.29 is 4.79 Å². The minimum absolute atomic E-state index is 0.0656. The maximum absolute atomic E-state index is 12.0. The van der Waals surface area contributed by atoms with Gasteiger partial charge in [0.05, 0.1) is 6.54 Å². The maximum Gasteiger partial charge on any atom is 0.225 e. The Hall–Kier alpha value is -2.66. The van der Waals surface area contributed by atoms with E-state index < -0.39 is 0 Å². The zero-order valence-electron chi connectivity index (χ0n) is 13.0. The molecule has 0 atom stereocenters. The Bertz CT molecular complexity index is 817. The standard InChI is InChI=1S/C18H17ClN4O/c19-16-3-1-2-14(12-16)4-5-18(24)21-17-8-11-23(22-17)13-15-6-9-20-10-7-15/h1-3,6-12H,4-5,13H2,(H,21,22,24). The second-order valence-corrected chi connectivity index (χ2v) is 5.87. The van der Waals surface area contributed by atoms with Gasteiger partial charge in [0.15, 0.2) is 5.82 Å². The Balaban J connectivity index is 1.51. The van der Waals surface area contributed by atoms with E-state index in [2.05, 4.69) is 15.4 Å². The van der Waals surface area contributed by atoms with Gasteiger partial charge in [-0.25, -0.2) is 0 Å². The van der Waals surface area contributed by atoms with Crippen LogP contribution in [0.1, 0.15) is 17.5 Å². The van der Waals surface area contributed by atoms with Gasteiger partial charge in [-0.1, -0.05) is 23.7 Å². The highest BCUT2D eigenvalue weighted by molar-refractivity contribution is 6.30. The molecule has 6 heteroatoms. The molecule has 0 aliphatic heterocycles. The molecule has 1 N–H and O–H groups in total. The molecule has 122 valence electrons. The zero-order valence-corrected chi connectivity index (χ0v) is 13.8. The number of carbonyl (C=O) groups excluding carboxylic acids is 1. The molecule has 0 aliphatic carbocycles. The first-order valence-corrected chi connectivity index (χ1v) is 8.03.